The second-order valence-corrected chi connectivity index (χ2v) is 5.49. The highest BCUT2D eigenvalue weighted by Gasteiger charge is 2.09. The molecule has 0 aliphatic carbocycles. The van der Waals surface area contributed by atoms with Crippen molar-refractivity contribution in [1.29, 1.82) is 0 Å². The van der Waals surface area contributed by atoms with Gasteiger partial charge < -0.3 is 10.1 Å². The standard InChI is InChI=1S/C19H20FNO3/c1-14-4-2-3-5-16(14)12-19(23)24-13-18(22)21-11-10-15-6-8-17(20)9-7-15/h2-9H,10-13H2,1H3,(H,21,22). The molecule has 0 saturated carbocycles. The van der Waals surface area contributed by atoms with E-state index in [1.54, 1.807) is 12.1 Å². The molecule has 0 saturated heterocycles. The maximum atomic E-state index is 12.8. The Bertz CT molecular complexity index is 698. The number of ether oxygens (including phenoxy) is 1. The van der Waals surface area contributed by atoms with E-state index in [2.05, 4.69) is 5.32 Å². The number of hydrogen-bond acceptors (Lipinski definition) is 3. The van der Waals surface area contributed by atoms with Crippen molar-refractivity contribution in [2.24, 2.45) is 0 Å². The van der Waals surface area contributed by atoms with E-state index in [1.807, 2.05) is 31.2 Å². The minimum atomic E-state index is -0.432. The lowest BCUT2D eigenvalue weighted by Crippen LogP contribution is -2.30. The Morgan fingerprint density at radius 3 is 2.50 bits per heavy atom. The third-order valence-corrected chi connectivity index (χ3v) is 3.61. The number of amides is 1. The zero-order valence-electron chi connectivity index (χ0n) is 13.5. The number of hydrogen-bond donors (Lipinski definition) is 1. The molecule has 4 nitrogen and oxygen atoms in total. The van der Waals surface area contributed by atoms with Gasteiger partial charge >= 0.3 is 5.97 Å². The fraction of sp³-hybridized carbons (Fsp3) is 0.263. The molecular formula is C19H20FNO3. The van der Waals surface area contributed by atoms with E-state index in [1.165, 1.54) is 12.1 Å². The summed E-state index contributed by atoms with van der Waals surface area (Å²) in [7, 11) is 0. The summed E-state index contributed by atoms with van der Waals surface area (Å²) in [6, 6.07) is 13.6. The lowest BCUT2D eigenvalue weighted by molar-refractivity contribution is -0.147. The first kappa shape index (κ1) is 17.7. The number of nitrogens with one attached hydrogen (secondary N) is 1. The first-order valence-corrected chi connectivity index (χ1v) is 7.76. The van der Waals surface area contributed by atoms with E-state index >= 15 is 0 Å². The van der Waals surface area contributed by atoms with Gasteiger partial charge in [0.25, 0.3) is 5.91 Å². The minimum absolute atomic E-state index is 0.148. The molecule has 0 unspecified atom stereocenters. The molecular weight excluding hydrogens is 309 g/mol. The van der Waals surface area contributed by atoms with E-state index in [0.29, 0.717) is 13.0 Å². The van der Waals surface area contributed by atoms with Crippen LogP contribution < -0.4 is 5.32 Å². The summed E-state index contributed by atoms with van der Waals surface area (Å²) >= 11 is 0. The molecule has 24 heavy (non-hydrogen) atoms. The molecule has 2 aromatic rings. The number of halogens is 1. The van der Waals surface area contributed by atoms with E-state index in [0.717, 1.165) is 16.7 Å². The topological polar surface area (TPSA) is 55.4 Å². The predicted octanol–water partition coefficient (Wildman–Crippen LogP) is 2.58. The molecule has 5 heteroatoms. The average molecular weight is 329 g/mol. The zero-order chi connectivity index (χ0) is 17.4. The van der Waals surface area contributed by atoms with Crippen molar-refractivity contribution < 1.29 is 18.7 Å². The van der Waals surface area contributed by atoms with Crippen LogP contribution in [0.15, 0.2) is 48.5 Å². The Balaban J connectivity index is 1.66. The molecule has 0 atom stereocenters. The van der Waals surface area contributed by atoms with Crippen LogP contribution in [-0.2, 0) is 27.2 Å². The normalized spacial score (nSPS) is 10.2. The molecule has 1 N–H and O–H groups in total. The first-order chi connectivity index (χ1) is 11.5. The van der Waals surface area contributed by atoms with Gasteiger partial charge in [0.2, 0.25) is 0 Å². The van der Waals surface area contributed by atoms with Gasteiger partial charge in [-0.25, -0.2) is 4.39 Å². The van der Waals surface area contributed by atoms with Crippen LogP contribution >= 0.6 is 0 Å². The molecule has 2 rings (SSSR count). The van der Waals surface area contributed by atoms with Crippen LogP contribution in [0, 0.1) is 12.7 Å². The molecule has 1 amide bonds. The second-order valence-electron chi connectivity index (χ2n) is 5.49. The van der Waals surface area contributed by atoms with Gasteiger partial charge in [-0.2, -0.15) is 0 Å². The number of benzene rings is 2. The SMILES string of the molecule is Cc1ccccc1CC(=O)OCC(=O)NCCc1ccc(F)cc1. The van der Waals surface area contributed by atoms with Gasteiger partial charge in [-0.15, -0.1) is 0 Å². The van der Waals surface area contributed by atoms with Crippen molar-refractivity contribution in [3.8, 4) is 0 Å². The van der Waals surface area contributed by atoms with Crippen molar-refractivity contribution in [2.75, 3.05) is 13.2 Å². The van der Waals surface area contributed by atoms with E-state index in [-0.39, 0.29) is 24.8 Å². The molecule has 0 radical (unpaired) electrons. The summed E-state index contributed by atoms with van der Waals surface area (Å²) in [5.74, 6) is -1.07. The minimum Gasteiger partial charge on any atom is -0.455 e. The summed E-state index contributed by atoms with van der Waals surface area (Å²) < 4.78 is 17.8. The summed E-state index contributed by atoms with van der Waals surface area (Å²) in [5, 5.41) is 2.67. The monoisotopic (exact) mass is 329 g/mol. The molecule has 0 aromatic heterocycles. The third kappa shape index (κ3) is 5.83. The molecule has 0 bridgehead atoms. The Hall–Kier alpha value is -2.69. The maximum Gasteiger partial charge on any atom is 0.310 e. The van der Waals surface area contributed by atoms with Gasteiger partial charge in [0.05, 0.1) is 6.42 Å². The average Bonchev–Trinajstić information content (AvgIpc) is 2.57. The van der Waals surface area contributed by atoms with Crippen molar-refractivity contribution >= 4 is 11.9 Å². The molecule has 0 heterocycles. The van der Waals surface area contributed by atoms with Gasteiger partial charge in [0.15, 0.2) is 6.61 Å². The van der Waals surface area contributed by atoms with Crippen molar-refractivity contribution in [3.63, 3.8) is 0 Å². The Kier molecular flexibility index (Phi) is 6.49. The van der Waals surface area contributed by atoms with E-state index in [4.69, 9.17) is 4.74 Å². The molecule has 2 aromatic carbocycles. The largest absolute Gasteiger partial charge is 0.455 e. The highest BCUT2D eigenvalue weighted by atomic mass is 19.1. The summed E-state index contributed by atoms with van der Waals surface area (Å²) in [5.41, 5.74) is 2.82. The van der Waals surface area contributed by atoms with Gasteiger partial charge in [0.1, 0.15) is 5.82 Å². The fourth-order valence-electron chi connectivity index (χ4n) is 2.21. The smallest absolute Gasteiger partial charge is 0.310 e. The van der Waals surface area contributed by atoms with Crippen LogP contribution in [0.1, 0.15) is 16.7 Å². The summed E-state index contributed by atoms with van der Waals surface area (Å²) in [4.78, 5) is 23.4. The van der Waals surface area contributed by atoms with Crippen molar-refractivity contribution in [3.05, 3.63) is 71.0 Å². The van der Waals surface area contributed by atoms with E-state index in [9.17, 15) is 14.0 Å². The Morgan fingerprint density at radius 2 is 1.79 bits per heavy atom. The van der Waals surface area contributed by atoms with Crippen molar-refractivity contribution in [1.82, 2.24) is 5.32 Å². The molecule has 0 aliphatic heterocycles. The Morgan fingerprint density at radius 1 is 1.08 bits per heavy atom. The predicted molar refractivity (Wildman–Crippen MR) is 89.0 cm³/mol. The van der Waals surface area contributed by atoms with Gasteiger partial charge in [-0.1, -0.05) is 36.4 Å². The molecule has 0 aliphatic rings. The lowest BCUT2D eigenvalue weighted by Gasteiger charge is -2.08. The highest BCUT2D eigenvalue weighted by Crippen LogP contribution is 2.08. The molecule has 0 fully saturated rings. The van der Waals surface area contributed by atoms with Crippen molar-refractivity contribution in [2.45, 2.75) is 19.8 Å². The Labute approximate surface area is 140 Å². The molecule has 0 spiro atoms. The van der Waals surface area contributed by atoms with Crippen LogP contribution in [0.2, 0.25) is 0 Å². The fourth-order valence-corrected chi connectivity index (χ4v) is 2.21. The molecule has 126 valence electrons. The number of esters is 1. The quantitative estimate of drug-likeness (QED) is 0.795. The number of aryl methyl sites for hydroxylation is 1. The van der Waals surface area contributed by atoms with Gasteiger partial charge in [0, 0.05) is 6.54 Å². The van der Waals surface area contributed by atoms with Crippen LogP contribution in [0.25, 0.3) is 0 Å². The maximum absolute atomic E-state index is 12.8. The van der Waals surface area contributed by atoms with Crippen LogP contribution in [0.3, 0.4) is 0 Å². The van der Waals surface area contributed by atoms with Crippen LogP contribution in [0.4, 0.5) is 4.39 Å². The van der Waals surface area contributed by atoms with Crippen LogP contribution in [0.5, 0.6) is 0 Å². The lowest BCUT2D eigenvalue weighted by atomic mass is 10.1. The number of carbonyl (C=O) groups is 2. The third-order valence-electron chi connectivity index (χ3n) is 3.61. The van der Waals surface area contributed by atoms with Gasteiger partial charge in [-0.05, 0) is 42.2 Å². The number of carbonyl (C=O) groups excluding carboxylic acids is 2. The van der Waals surface area contributed by atoms with Crippen LogP contribution in [-0.4, -0.2) is 25.0 Å². The zero-order valence-corrected chi connectivity index (χ0v) is 13.5. The second kappa shape index (κ2) is 8.82. The first-order valence-electron chi connectivity index (χ1n) is 7.76. The summed E-state index contributed by atoms with van der Waals surface area (Å²) in [6.07, 6.45) is 0.735. The van der Waals surface area contributed by atoms with Gasteiger partial charge in [-0.3, -0.25) is 9.59 Å². The highest BCUT2D eigenvalue weighted by molar-refractivity contribution is 5.81. The number of rotatable bonds is 7. The van der Waals surface area contributed by atoms with E-state index < -0.39 is 5.97 Å². The summed E-state index contributed by atoms with van der Waals surface area (Å²) in [6.45, 7) is 2.03.